The summed E-state index contributed by atoms with van der Waals surface area (Å²) in [5.74, 6) is -2.35. The van der Waals surface area contributed by atoms with Crippen LogP contribution in [0.25, 0.3) is 0 Å². The predicted octanol–water partition coefficient (Wildman–Crippen LogP) is 2.61. The Bertz CT molecular complexity index is 1060. The van der Waals surface area contributed by atoms with Crippen molar-refractivity contribution in [2.75, 3.05) is 6.54 Å². The van der Waals surface area contributed by atoms with Crippen molar-refractivity contribution in [3.8, 4) is 11.9 Å². The summed E-state index contributed by atoms with van der Waals surface area (Å²) in [5, 5.41) is 22.8. The second kappa shape index (κ2) is 11.0. The van der Waals surface area contributed by atoms with Gasteiger partial charge < -0.3 is 25.0 Å². The number of aromatic nitrogens is 2. The van der Waals surface area contributed by atoms with Crippen LogP contribution < -0.4 is 15.4 Å². The molecule has 34 heavy (non-hydrogen) atoms. The second-order valence-corrected chi connectivity index (χ2v) is 7.87. The van der Waals surface area contributed by atoms with E-state index in [9.17, 15) is 18.0 Å². The van der Waals surface area contributed by atoms with E-state index in [-0.39, 0.29) is 18.1 Å². The molecule has 0 saturated heterocycles. The monoisotopic (exact) mass is 479 g/mol. The molecule has 0 spiro atoms. The van der Waals surface area contributed by atoms with Gasteiger partial charge in [0.05, 0.1) is 0 Å². The van der Waals surface area contributed by atoms with Gasteiger partial charge in [0.2, 0.25) is 5.88 Å². The molecule has 0 radical (unpaired) electrons. The third kappa shape index (κ3) is 6.48. The molecular weight excluding hydrogens is 455 g/mol. The van der Waals surface area contributed by atoms with Gasteiger partial charge in [0.15, 0.2) is 0 Å². The maximum Gasteiger partial charge on any atom is 0.490 e. The third-order valence-electron chi connectivity index (χ3n) is 5.54. The lowest BCUT2D eigenvalue weighted by atomic mass is 9.93. The SMILES string of the molecule is N#Cc1cccnc1OC1CCC(NC(=O)c2ccc3n2CCNC3)CC1.O=C(O)C(F)(F)F. The second-order valence-electron chi connectivity index (χ2n) is 7.87. The lowest BCUT2D eigenvalue weighted by Gasteiger charge is -2.29. The van der Waals surface area contributed by atoms with E-state index < -0.39 is 12.1 Å². The normalized spacial score (nSPS) is 19.6. The number of hydrogen-bond donors (Lipinski definition) is 3. The topological polar surface area (TPSA) is 129 Å². The molecule has 3 N–H and O–H groups in total. The summed E-state index contributed by atoms with van der Waals surface area (Å²) in [6.07, 6.45) is -0.0196. The number of carbonyl (C=O) groups is 2. The molecule has 1 saturated carbocycles. The van der Waals surface area contributed by atoms with E-state index in [0.717, 1.165) is 56.7 Å². The molecule has 0 aromatic carbocycles. The molecule has 1 amide bonds. The van der Waals surface area contributed by atoms with E-state index >= 15 is 0 Å². The molecule has 2 aliphatic rings. The number of carboxylic acid groups (broad SMARTS) is 1. The number of nitriles is 1. The van der Waals surface area contributed by atoms with Gasteiger partial charge in [0.1, 0.15) is 23.4 Å². The van der Waals surface area contributed by atoms with E-state index in [1.165, 1.54) is 0 Å². The number of fused-ring (bicyclic) bond motifs is 1. The Kier molecular flexibility index (Phi) is 8.12. The van der Waals surface area contributed by atoms with E-state index in [1.807, 2.05) is 12.1 Å². The number of nitrogens with zero attached hydrogens (tertiary/aromatic N) is 3. The summed E-state index contributed by atoms with van der Waals surface area (Å²) in [4.78, 5) is 25.7. The van der Waals surface area contributed by atoms with Crippen LogP contribution in [0.2, 0.25) is 0 Å². The van der Waals surface area contributed by atoms with Crippen LogP contribution in [-0.4, -0.2) is 51.4 Å². The van der Waals surface area contributed by atoms with Crippen molar-refractivity contribution in [3.63, 3.8) is 0 Å². The fourth-order valence-corrected chi connectivity index (χ4v) is 3.85. The number of alkyl halides is 3. The molecule has 3 heterocycles. The molecule has 2 aromatic rings. The molecule has 2 aromatic heterocycles. The number of rotatable bonds is 4. The van der Waals surface area contributed by atoms with Gasteiger partial charge in [-0.25, -0.2) is 9.78 Å². The van der Waals surface area contributed by atoms with Gasteiger partial charge in [-0.15, -0.1) is 0 Å². The fraction of sp³-hybridized carbons (Fsp3) is 0.455. The van der Waals surface area contributed by atoms with Gasteiger partial charge in [-0.2, -0.15) is 18.4 Å². The average molecular weight is 479 g/mol. The first-order valence-electron chi connectivity index (χ1n) is 10.7. The Labute approximate surface area is 193 Å². The van der Waals surface area contributed by atoms with Crippen molar-refractivity contribution in [2.45, 2.75) is 57.1 Å². The number of amides is 1. The van der Waals surface area contributed by atoms with Crippen molar-refractivity contribution in [3.05, 3.63) is 47.4 Å². The van der Waals surface area contributed by atoms with Crippen LogP contribution >= 0.6 is 0 Å². The molecule has 1 fully saturated rings. The van der Waals surface area contributed by atoms with Crippen LogP contribution in [0.4, 0.5) is 13.2 Å². The summed E-state index contributed by atoms with van der Waals surface area (Å²) in [7, 11) is 0. The van der Waals surface area contributed by atoms with Gasteiger partial charge in [-0.05, 0) is 49.9 Å². The molecule has 4 rings (SSSR count). The maximum absolute atomic E-state index is 12.7. The molecule has 1 aliphatic carbocycles. The van der Waals surface area contributed by atoms with Crippen molar-refractivity contribution in [2.24, 2.45) is 0 Å². The minimum atomic E-state index is -5.08. The average Bonchev–Trinajstić information content (AvgIpc) is 3.25. The highest BCUT2D eigenvalue weighted by molar-refractivity contribution is 5.93. The van der Waals surface area contributed by atoms with Crippen LogP contribution in [0.3, 0.4) is 0 Å². The Morgan fingerprint density at radius 1 is 1.24 bits per heavy atom. The van der Waals surface area contributed by atoms with E-state index in [2.05, 4.69) is 26.3 Å². The van der Waals surface area contributed by atoms with Crippen molar-refractivity contribution in [1.82, 2.24) is 20.2 Å². The summed E-state index contributed by atoms with van der Waals surface area (Å²) >= 11 is 0. The molecule has 1 aliphatic heterocycles. The standard InChI is InChI=1S/C20H23N5O2.C2HF3O2/c21-12-14-2-1-9-23-20(14)27-17-6-3-15(4-7-17)24-19(26)18-8-5-16-13-22-10-11-25(16)18;3-2(4,5)1(6)7/h1-2,5,8-9,15,17,22H,3-4,6-7,10-11,13H2,(H,24,26);(H,6,7). The molecule has 12 heteroatoms. The highest BCUT2D eigenvalue weighted by Crippen LogP contribution is 2.25. The largest absolute Gasteiger partial charge is 0.490 e. The first-order chi connectivity index (χ1) is 16.2. The number of ether oxygens (including phenoxy) is 1. The number of carboxylic acids is 1. The number of pyridine rings is 1. The molecule has 182 valence electrons. The summed E-state index contributed by atoms with van der Waals surface area (Å²) in [6, 6.07) is 9.64. The molecule has 0 unspecified atom stereocenters. The third-order valence-corrected chi connectivity index (χ3v) is 5.54. The van der Waals surface area contributed by atoms with Gasteiger partial charge in [0.25, 0.3) is 5.91 Å². The zero-order valence-corrected chi connectivity index (χ0v) is 18.1. The summed E-state index contributed by atoms with van der Waals surface area (Å²) in [6.45, 7) is 2.54. The maximum atomic E-state index is 12.7. The number of carbonyl (C=O) groups excluding carboxylic acids is 1. The first-order valence-corrected chi connectivity index (χ1v) is 10.7. The molecule has 9 nitrogen and oxygen atoms in total. The summed E-state index contributed by atoms with van der Waals surface area (Å²) in [5.41, 5.74) is 2.37. The van der Waals surface area contributed by atoms with E-state index in [4.69, 9.17) is 19.9 Å². The highest BCUT2D eigenvalue weighted by Gasteiger charge is 2.38. The number of hydrogen-bond acceptors (Lipinski definition) is 6. The van der Waals surface area contributed by atoms with Crippen molar-refractivity contribution in [1.29, 1.82) is 5.26 Å². The molecule has 0 bridgehead atoms. The first kappa shape index (κ1) is 25.0. The lowest BCUT2D eigenvalue weighted by Crippen LogP contribution is -2.41. The van der Waals surface area contributed by atoms with Crippen LogP contribution in [0.15, 0.2) is 30.5 Å². The van der Waals surface area contributed by atoms with Gasteiger partial charge in [-0.1, -0.05) is 0 Å². The van der Waals surface area contributed by atoms with E-state index in [0.29, 0.717) is 11.4 Å². The summed E-state index contributed by atoms with van der Waals surface area (Å²) < 4.78 is 39.8. The number of halogens is 3. The lowest BCUT2D eigenvalue weighted by molar-refractivity contribution is -0.192. The van der Waals surface area contributed by atoms with Gasteiger partial charge >= 0.3 is 12.1 Å². The quantitative estimate of drug-likeness (QED) is 0.615. The van der Waals surface area contributed by atoms with Gasteiger partial charge in [-0.3, -0.25) is 4.79 Å². The Morgan fingerprint density at radius 2 is 1.94 bits per heavy atom. The molecule has 0 atom stereocenters. The smallest absolute Gasteiger partial charge is 0.475 e. The van der Waals surface area contributed by atoms with Crippen molar-refractivity contribution >= 4 is 11.9 Å². The zero-order chi connectivity index (χ0) is 24.7. The molecular formula is C22H24F3N5O4. The highest BCUT2D eigenvalue weighted by atomic mass is 19.4. The van der Waals surface area contributed by atoms with Crippen molar-refractivity contribution < 1.29 is 32.6 Å². The Balaban J connectivity index is 0.000000406. The minimum absolute atomic E-state index is 0.00371. The van der Waals surface area contributed by atoms with Crippen LogP contribution in [-0.2, 0) is 17.9 Å². The fourth-order valence-electron chi connectivity index (χ4n) is 3.85. The van der Waals surface area contributed by atoms with Gasteiger partial charge in [0, 0.05) is 37.6 Å². The number of aliphatic carboxylic acids is 1. The van der Waals surface area contributed by atoms with Crippen LogP contribution in [0, 0.1) is 11.3 Å². The van der Waals surface area contributed by atoms with Crippen LogP contribution in [0.1, 0.15) is 47.4 Å². The zero-order valence-electron chi connectivity index (χ0n) is 18.1. The Morgan fingerprint density at radius 3 is 2.59 bits per heavy atom. The van der Waals surface area contributed by atoms with E-state index in [1.54, 1.807) is 18.3 Å². The van der Waals surface area contributed by atoms with Crippen LogP contribution in [0.5, 0.6) is 5.88 Å². The Hall–Kier alpha value is -3.59. The minimum Gasteiger partial charge on any atom is -0.475 e. The number of nitrogens with one attached hydrogen (secondary N) is 2. The predicted molar refractivity (Wildman–Crippen MR) is 113 cm³/mol.